The van der Waals surface area contributed by atoms with Crippen LogP contribution in [0.15, 0.2) is 11.6 Å². The van der Waals surface area contributed by atoms with Crippen molar-refractivity contribution in [3.05, 3.63) is 11.6 Å². The molecule has 4 fully saturated rings. The highest BCUT2D eigenvalue weighted by molar-refractivity contribution is 5.26. The number of aliphatic hydroxyl groups is 2. The van der Waals surface area contributed by atoms with Crippen LogP contribution in [0, 0.1) is 46.3 Å². The van der Waals surface area contributed by atoms with Gasteiger partial charge in [-0.05, 0) is 137 Å². The van der Waals surface area contributed by atoms with Crippen molar-refractivity contribution in [2.45, 2.75) is 123 Å². The molecular formula is C29H48O2. The van der Waals surface area contributed by atoms with Crippen LogP contribution >= 0.6 is 0 Å². The molecule has 0 heterocycles. The van der Waals surface area contributed by atoms with E-state index < -0.39 is 11.2 Å². The van der Waals surface area contributed by atoms with Gasteiger partial charge in [0.2, 0.25) is 0 Å². The summed E-state index contributed by atoms with van der Waals surface area (Å²) in [5, 5.41) is 21.5. The molecule has 5 aliphatic rings. The predicted octanol–water partition coefficient (Wildman–Crippen LogP) is 6.89. The molecule has 0 aromatic rings. The molecule has 4 saturated carbocycles. The quantitative estimate of drug-likeness (QED) is 0.468. The van der Waals surface area contributed by atoms with Crippen molar-refractivity contribution >= 4 is 0 Å². The van der Waals surface area contributed by atoms with Crippen molar-refractivity contribution < 1.29 is 10.2 Å². The minimum atomic E-state index is -0.489. The molecule has 5 aliphatic carbocycles. The Hall–Kier alpha value is -0.340. The molecule has 176 valence electrons. The summed E-state index contributed by atoms with van der Waals surface area (Å²) in [7, 11) is 0. The van der Waals surface area contributed by atoms with Gasteiger partial charge in [-0.25, -0.2) is 0 Å². The number of rotatable bonds is 5. The molecule has 0 saturated heterocycles. The molecule has 3 unspecified atom stereocenters. The number of fused-ring (bicyclic) bond motifs is 5. The Morgan fingerprint density at radius 1 is 1.03 bits per heavy atom. The lowest BCUT2D eigenvalue weighted by Gasteiger charge is -2.59. The van der Waals surface area contributed by atoms with Gasteiger partial charge in [0.15, 0.2) is 0 Å². The maximum atomic E-state index is 10.8. The van der Waals surface area contributed by atoms with Crippen LogP contribution in [0.2, 0.25) is 0 Å². The van der Waals surface area contributed by atoms with Gasteiger partial charge < -0.3 is 10.2 Å². The van der Waals surface area contributed by atoms with E-state index in [1.165, 1.54) is 57.8 Å². The smallest absolute Gasteiger partial charge is 0.0657 e. The van der Waals surface area contributed by atoms with Crippen molar-refractivity contribution in [2.75, 3.05) is 0 Å². The monoisotopic (exact) mass is 428 g/mol. The molecule has 0 aromatic carbocycles. The van der Waals surface area contributed by atoms with E-state index in [1.807, 2.05) is 6.92 Å². The Balaban J connectivity index is 1.31. The fraction of sp³-hybridized carbons (Fsp3) is 0.931. The first-order valence-electron chi connectivity index (χ1n) is 13.6. The fourth-order valence-corrected chi connectivity index (χ4v) is 9.41. The van der Waals surface area contributed by atoms with Gasteiger partial charge in [0.1, 0.15) is 0 Å². The van der Waals surface area contributed by atoms with E-state index in [1.54, 1.807) is 5.57 Å². The van der Waals surface area contributed by atoms with Crippen molar-refractivity contribution in [1.29, 1.82) is 0 Å². The largest absolute Gasteiger partial charge is 0.390 e. The van der Waals surface area contributed by atoms with Crippen molar-refractivity contribution in [1.82, 2.24) is 0 Å². The number of allylic oxidation sites excluding steroid dienone is 1. The maximum Gasteiger partial charge on any atom is 0.0657 e. The van der Waals surface area contributed by atoms with Crippen molar-refractivity contribution in [3.63, 3.8) is 0 Å². The second-order valence-electron chi connectivity index (χ2n) is 13.8. The van der Waals surface area contributed by atoms with Crippen LogP contribution in [0.5, 0.6) is 0 Å². The zero-order valence-corrected chi connectivity index (χ0v) is 20.9. The minimum absolute atomic E-state index is 0.332. The lowest BCUT2D eigenvalue weighted by Crippen LogP contribution is -2.52. The van der Waals surface area contributed by atoms with Gasteiger partial charge >= 0.3 is 0 Å². The molecule has 0 aliphatic heterocycles. The predicted molar refractivity (Wildman–Crippen MR) is 128 cm³/mol. The molecule has 0 spiro atoms. The number of hydrogen-bond donors (Lipinski definition) is 2. The molecule has 2 heteroatoms. The third-order valence-corrected chi connectivity index (χ3v) is 11.7. The first kappa shape index (κ1) is 22.5. The van der Waals surface area contributed by atoms with E-state index in [9.17, 15) is 10.2 Å². The zero-order valence-electron chi connectivity index (χ0n) is 20.9. The Kier molecular flexibility index (Phi) is 5.31. The van der Waals surface area contributed by atoms with Crippen LogP contribution in [-0.2, 0) is 0 Å². The summed E-state index contributed by atoms with van der Waals surface area (Å²) in [4.78, 5) is 0. The van der Waals surface area contributed by atoms with Gasteiger partial charge in [-0.1, -0.05) is 32.4 Å². The van der Waals surface area contributed by atoms with Gasteiger partial charge in [-0.2, -0.15) is 0 Å². The summed E-state index contributed by atoms with van der Waals surface area (Å²) in [5.41, 5.74) is 1.50. The van der Waals surface area contributed by atoms with Crippen LogP contribution in [-0.4, -0.2) is 21.4 Å². The highest BCUT2D eigenvalue weighted by Crippen LogP contribution is 2.67. The lowest BCUT2D eigenvalue weighted by atomic mass is 9.46. The summed E-state index contributed by atoms with van der Waals surface area (Å²) in [6.07, 6.45) is 17.1. The molecule has 0 amide bonds. The standard InChI is InChI=1S/C29H48O2/c1-19(12-15-29(5,31)20-6-7-20)23-10-11-24-22-9-8-21-18-26(2,30)16-17-27(21,3)25(22)13-14-28(23,24)4/h8,19-20,22-25,30-31H,6-7,9-18H2,1-5H3/t19-,22+,23-,24?,25?,26+,27+,28-,29?/m1/s1. The molecule has 2 N–H and O–H groups in total. The average molecular weight is 429 g/mol. The third-order valence-electron chi connectivity index (χ3n) is 11.7. The van der Waals surface area contributed by atoms with Crippen LogP contribution in [0.3, 0.4) is 0 Å². The zero-order chi connectivity index (χ0) is 22.2. The topological polar surface area (TPSA) is 40.5 Å². The molecule has 2 nitrogen and oxygen atoms in total. The number of hydrogen-bond acceptors (Lipinski definition) is 2. The summed E-state index contributed by atoms with van der Waals surface area (Å²) in [5.74, 6) is 4.68. The Labute approximate surface area is 191 Å². The van der Waals surface area contributed by atoms with Gasteiger partial charge in [-0.3, -0.25) is 0 Å². The average Bonchev–Trinajstić information content (AvgIpc) is 3.49. The van der Waals surface area contributed by atoms with Crippen LogP contribution in [0.25, 0.3) is 0 Å². The molecule has 0 bridgehead atoms. The summed E-state index contributed by atoms with van der Waals surface area (Å²) >= 11 is 0. The molecular weight excluding hydrogens is 380 g/mol. The van der Waals surface area contributed by atoms with E-state index in [2.05, 4.69) is 33.8 Å². The van der Waals surface area contributed by atoms with Gasteiger partial charge in [0.25, 0.3) is 0 Å². The minimum Gasteiger partial charge on any atom is -0.390 e. The van der Waals surface area contributed by atoms with Crippen LogP contribution < -0.4 is 0 Å². The Bertz CT molecular complexity index is 731. The van der Waals surface area contributed by atoms with Crippen LogP contribution in [0.1, 0.15) is 112 Å². The molecule has 31 heavy (non-hydrogen) atoms. The van der Waals surface area contributed by atoms with Crippen molar-refractivity contribution in [3.8, 4) is 0 Å². The van der Waals surface area contributed by atoms with Crippen LogP contribution in [0.4, 0.5) is 0 Å². The SMILES string of the molecule is C[C@H](CCC(C)(O)C1CC1)[C@H]1CCC2[C@@H]3CC=C4C[C@@](C)(O)CC[C@]4(C)C3CC[C@@]21C. The third kappa shape index (κ3) is 3.67. The molecule has 5 rings (SSSR count). The summed E-state index contributed by atoms with van der Waals surface area (Å²) in [6, 6.07) is 0. The maximum absolute atomic E-state index is 10.8. The second kappa shape index (κ2) is 7.33. The van der Waals surface area contributed by atoms with Gasteiger partial charge in [0, 0.05) is 0 Å². The Morgan fingerprint density at radius 3 is 2.48 bits per heavy atom. The van der Waals surface area contributed by atoms with E-state index in [4.69, 9.17) is 0 Å². The molecule has 0 radical (unpaired) electrons. The summed E-state index contributed by atoms with van der Waals surface area (Å²) < 4.78 is 0. The first-order chi connectivity index (χ1) is 14.5. The highest BCUT2D eigenvalue weighted by Gasteiger charge is 2.59. The van der Waals surface area contributed by atoms with Gasteiger partial charge in [0.05, 0.1) is 11.2 Å². The van der Waals surface area contributed by atoms with Gasteiger partial charge in [-0.15, -0.1) is 0 Å². The Morgan fingerprint density at radius 2 is 1.77 bits per heavy atom. The molecule has 0 aromatic heterocycles. The lowest BCUT2D eigenvalue weighted by molar-refractivity contribution is -0.0717. The van der Waals surface area contributed by atoms with E-state index in [-0.39, 0.29) is 0 Å². The van der Waals surface area contributed by atoms with E-state index in [0.717, 1.165) is 48.9 Å². The second-order valence-corrected chi connectivity index (χ2v) is 13.8. The van der Waals surface area contributed by atoms with E-state index >= 15 is 0 Å². The highest BCUT2D eigenvalue weighted by atomic mass is 16.3. The van der Waals surface area contributed by atoms with E-state index in [0.29, 0.717) is 16.7 Å². The van der Waals surface area contributed by atoms with Crippen molar-refractivity contribution in [2.24, 2.45) is 46.3 Å². The summed E-state index contributed by atoms with van der Waals surface area (Å²) in [6.45, 7) is 11.8. The molecule has 9 atom stereocenters. The fourth-order valence-electron chi connectivity index (χ4n) is 9.41. The first-order valence-corrected chi connectivity index (χ1v) is 13.6. The normalized spacial score (nSPS) is 50.0.